The van der Waals surface area contributed by atoms with Gasteiger partial charge < -0.3 is 10.1 Å². The molecule has 1 amide bonds. The lowest BCUT2D eigenvalue weighted by Crippen LogP contribution is -2.53. The number of rotatable bonds is 3. The molecule has 0 spiro atoms. The normalized spacial score (nSPS) is 27.0. The lowest BCUT2D eigenvalue weighted by Gasteiger charge is -2.39. The lowest BCUT2D eigenvalue weighted by atomic mass is 9.76. The van der Waals surface area contributed by atoms with Gasteiger partial charge in [-0.05, 0) is 36.6 Å². The van der Waals surface area contributed by atoms with Gasteiger partial charge in [-0.25, -0.2) is 0 Å². The van der Waals surface area contributed by atoms with Crippen LogP contribution in [0.4, 0.5) is 0 Å². The highest BCUT2D eigenvalue weighted by molar-refractivity contribution is 5.94. The van der Waals surface area contributed by atoms with E-state index in [4.69, 9.17) is 4.74 Å². The maximum absolute atomic E-state index is 12.3. The van der Waals surface area contributed by atoms with Gasteiger partial charge in [0.15, 0.2) is 0 Å². The summed E-state index contributed by atoms with van der Waals surface area (Å²) in [6.07, 6.45) is 4.10. The first-order valence-electron chi connectivity index (χ1n) is 7.33. The number of nitrogens with zero attached hydrogens (tertiary/aromatic N) is 1. The molecule has 2 fully saturated rings. The summed E-state index contributed by atoms with van der Waals surface area (Å²) in [7, 11) is 0. The smallest absolute Gasteiger partial charge is 0.251 e. The van der Waals surface area contributed by atoms with Gasteiger partial charge in [0.1, 0.15) is 0 Å². The number of aromatic nitrogens is 2. The minimum atomic E-state index is 0.00140. The zero-order chi connectivity index (χ0) is 14.2. The Balaban J connectivity index is 1.43. The Morgan fingerprint density at radius 3 is 2.86 bits per heavy atom. The molecule has 21 heavy (non-hydrogen) atoms. The molecule has 0 unspecified atom stereocenters. The maximum Gasteiger partial charge on any atom is 0.251 e. The molecule has 1 aliphatic heterocycles. The number of hydrogen-bond acceptors (Lipinski definition) is 3. The van der Waals surface area contributed by atoms with E-state index in [0.717, 1.165) is 30.7 Å². The fourth-order valence-electron chi connectivity index (χ4n) is 3.23. The molecule has 1 aromatic carbocycles. The van der Waals surface area contributed by atoms with E-state index in [9.17, 15) is 4.79 Å². The van der Waals surface area contributed by atoms with Gasteiger partial charge in [-0.3, -0.25) is 9.89 Å². The van der Waals surface area contributed by atoms with E-state index in [2.05, 4.69) is 15.5 Å². The van der Waals surface area contributed by atoms with Crippen molar-refractivity contribution in [1.82, 2.24) is 15.5 Å². The van der Waals surface area contributed by atoms with Gasteiger partial charge in [0.25, 0.3) is 5.91 Å². The standard InChI is InChI=1S/C16H17N3O2/c20-16(18-14-9-15-12(14)6-8-21-15)11-3-1-10(2-4-11)13-5-7-17-19-13/h1-5,7,12,14-15H,6,8-9H2,(H,17,19)(H,18,20)/t12-,14+,15+/m1/s1. The molecule has 1 saturated heterocycles. The summed E-state index contributed by atoms with van der Waals surface area (Å²) in [5, 5.41) is 9.96. The molecule has 0 radical (unpaired) electrons. The van der Waals surface area contributed by atoms with Crippen LogP contribution in [0.15, 0.2) is 36.5 Å². The monoisotopic (exact) mass is 283 g/mol. The molecule has 1 saturated carbocycles. The lowest BCUT2D eigenvalue weighted by molar-refractivity contribution is 0.00810. The number of amides is 1. The second-order valence-electron chi connectivity index (χ2n) is 5.73. The molecular weight excluding hydrogens is 266 g/mol. The second kappa shape index (κ2) is 5.00. The SMILES string of the molecule is O=C(N[C@H]1C[C@@H]2OCC[C@H]12)c1ccc(-c2ccn[nH]2)cc1. The number of ether oxygens (including phenoxy) is 1. The Hall–Kier alpha value is -2.14. The van der Waals surface area contributed by atoms with Crippen LogP contribution in [0.3, 0.4) is 0 Å². The summed E-state index contributed by atoms with van der Waals surface area (Å²) >= 11 is 0. The molecule has 2 heterocycles. The van der Waals surface area contributed by atoms with Crippen molar-refractivity contribution in [3.63, 3.8) is 0 Å². The van der Waals surface area contributed by atoms with E-state index < -0.39 is 0 Å². The summed E-state index contributed by atoms with van der Waals surface area (Å²) < 4.78 is 5.57. The molecule has 2 aromatic rings. The molecule has 1 aromatic heterocycles. The van der Waals surface area contributed by atoms with E-state index in [1.807, 2.05) is 30.3 Å². The highest BCUT2D eigenvalue weighted by atomic mass is 16.5. The van der Waals surface area contributed by atoms with E-state index in [0.29, 0.717) is 17.6 Å². The maximum atomic E-state index is 12.3. The Bertz CT molecular complexity index is 636. The summed E-state index contributed by atoms with van der Waals surface area (Å²) in [6.45, 7) is 0.834. The molecule has 5 nitrogen and oxygen atoms in total. The van der Waals surface area contributed by atoms with Crippen molar-refractivity contribution in [3.8, 4) is 11.3 Å². The van der Waals surface area contributed by atoms with Crippen LogP contribution < -0.4 is 5.32 Å². The zero-order valence-corrected chi connectivity index (χ0v) is 11.6. The average molecular weight is 283 g/mol. The minimum Gasteiger partial charge on any atom is -0.378 e. The van der Waals surface area contributed by atoms with Crippen molar-refractivity contribution >= 4 is 5.91 Å². The average Bonchev–Trinajstić information content (AvgIpc) is 3.14. The first-order chi connectivity index (χ1) is 10.3. The Morgan fingerprint density at radius 2 is 2.14 bits per heavy atom. The molecule has 2 N–H and O–H groups in total. The van der Waals surface area contributed by atoms with Crippen LogP contribution >= 0.6 is 0 Å². The number of fused-ring (bicyclic) bond motifs is 1. The second-order valence-corrected chi connectivity index (χ2v) is 5.73. The first kappa shape index (κ1) is 12.6. The fraction of sp³-hybridized carbons (Fsp3) is 0.375. The Kier molecular flexibility index (Phi) is 3.00. The van der Waals surface area contributed by atoms with Crippen LogP contribution in [0.1, 0.15) is 23.2 Å². The number of aromatic amines is 1. The molecular formula is C16H17N3O2. The molecule has 3 atom stereocenters. The van der Waals surface area contributed by atoms with Crippen LogP contribution in [-0.4, -0.2) is 34.9 Å². The molecule has 4 rings (SSSR count). The summed E-state index contributed by atoms with van der Waals surface area (Å²) in [5.74, 6) is 0.514. The summed E-state index contributed by atoms with van der Waals surface area (Å²) in [4.78, 5) is 12.3. The summed E-state index contributed by atoms with van der Waals surface area (Å²) in [5.41, 5.74) is 2.67. The fourth-order valence-corrected chi connectivity index (χ4v) is 3.23. The van der Waals surface area contributed by atoms with Crippen LogP contribution in [0, 0.1) is 5.92 Å². The molecule has 108 valence electrons. The van der Waals surface area contributed by atoms with Crippen molar-refractivity contribution in [3.05, 3.63) is 42.1 Å². The molecule has 5 heteroatoms. The number of hydrogen-bond donors (Lipinski definition) is 2. The number of carbonyl (C=O) groups is 1. The third-order valence-electron chi connectivity index (χ3n) is 4.54. The number of benzene rings is 1. The zero-order valence-electron chi connectivity index (χ0n) is 11.6. The third kappa shape index (κ3) is 2.23. The van der Waals surface area contributed by atoms with Gasteiger partial charge in [0, 0.05) is 30.3 Å². The van der Waals surface area contributed by atoms with E-state index in [1.54, 1.807) is 6.20 Å². The van der Waals surface area contributed by atoms with Crippen molar-refractivity contribution in [2.75, 3.05) is 6.61 Å². The first-order valence-corrected chi connectivity index (χ1v) is 7.33. The highest BCUT2D eigenvalue weighted by Crippen LogP contribution is 2.38. The largest absolute Gasteiger partial charge is 0.378 e. The van der Waals surface area contributed by atoms with E-state index >= 15 is 0 Å². The topological polar surface area (TPSA) is 67.0 Å². The van der Waals surface area contributed by atoms with E-state index in [1.165, 1.54) is 0 Å². The number of H-pyrrole nitrogens is 1. The van der Waals surface area contributed by atoms with Gasteiger partial charge in [0.2, 0.25) is 0 Å². The van der Waals surface area contributed by atoms with Crippen molar-refractivity contribution in [2.24, 2.45) is 5.92 Å². The predicted molar refractivity (Wildman–Crippen MR) is 77.7 cm³/mol. The van der Waals surface area contributed by atoms with E-state index in [-0.39, 0.29) is 11.9 Å². The van der Waals surface area contributed by atoms with Gasteiger partial charge in [-0.15, -0.1) is 0 Å². The number of carbonyl (C=O) groups excluding carboxylic acids is 1. The summed E-state index contributed by atoms with van der Waals surface area (Å²) in [6, 6.07) is 9.76. The van der Waals surface area contributed by atoms with Crippen LogP contribution in [-0.2, 0) is 4.74 Å². The Morgan fingerprint density at radius 1 is 1.29 bits per heavy atom. The van der Waals surface area contributed by atoms with Gasteiger partial charge >= 0.3 is 0 Å². The minimum absolute atomic E-state index is 0.00140. The van der Waals surface area contributed by atoms with Gasteiger partial charge in [-0.1, -0.05) is 12.1 Å². The van der Waals surface area contributed by atoms with Crippen molar-refractivity contribution in [2.45, 2.75) is 25.0 Å². The molecule has 1 aliphatic carbocycles. The van der Waals surface area contributed by atoms with Gasteiger partial charge in [-0.2, -0.15) is 5.10 Å². The van der Waals surface area contributed by atoms with Crippen molar-refractivity contribution in [1.29, 1.82) is 0 Å². The van der Waals surface area contributed by atoms with Crippen LogP contribution in [0.2, 0.25) is 0 Å². The van der Waals surface area contributed by atoms with Gasteiger partial charge in [0.05, 0.1) is 11.8 Å². The van der Waals surface area contributed by atoms with Crippen LogP contribution in [0.25, 0.3) is 11.3 Å². The quantitative estimate of drug-likeness (QED) is 0.905. The predicted octanol–water partition coefficient (Wildman–Crippen LogP) is 1.98. The molecule has 0 bridgehead atoms. The highest BCUT2D eigenvalue weighted by Gasteiger charge is 2.45. The molecule has 2 aliphatic rings. The Labute approximate surface area is 122 Å². The van der Waals surface area contributed by atoms with Crippen molar-refractivity contribution < 1.29 is 9.53 Å². The number of nitrogens with one attached hydrogen (secondary N) is 2. The van der Waals surface area contributed by atoms with Crippen LogP contribution in [0.5, 0.6) is 0 Å². The third-order valence-corrected chi connectivity index (χ3v) is 4.54.